The summed E-state index contributed by atoms with van der Waals surface area (Å²) in [4.78, 5) is 24.3. The first kappa shape index (κ1) is 47.2. The third kappa shape index (κ3) is 15.2. The summed E-state index contributed by atoms with van der Waals surface area (Å²) in [7, 11) is 0. The van der Waals surface area contributed by atoms with Crippen LogP contribution in [0.25, 0.3) is 22.3 Å². The summed E-state index contributed by atoms with van der Waals surface area (Å²) in [5.41, 5.74) is 9.24. The van der Waals surface area contributed by atoms with Crippen LogP contribution in [0.5, 0.6) is 5.75 Å². The highest BCUT2D eigenvalue weighted by molar-refractivity contribution is 5.87. The second-order valence-corrected chi connectivity index (χ2v) is 15.7. The van der Waals surface area contributed by atoms with Gasteiger partial charge in [0.05, 0.1) is 33.0 Å². The molecule has 0 radical (unpaired) electrons. The summed E-state index contributed by atoms with van der Waals surface area (Å²) in [5, 5.41) is 20.2. The molecule has 0 saturated carbocycles. The van der Waals surface area contributed by atoms with Gasteiger partial charge >= 0.3 is 11.9 Å². The minimum absolute atomic E-state index is 0.136. The number of aryl methyl sites for hydroxylation is 4. The Kier molecular flexibility index (Phi) is 20.9. The number of hydrogen-bond donors (Lipinski definition) is 2. The highest BCUT2D eigenvalue weighted by Crippen LogP contribution is 2.37. The molecule has 0 bridgehead atoms. The number of carbonyl (C=O) groups excluding carboxylic acids is 2. The van der Waals surface area contributed by atoms with Gasteiger partial charge in [-0.1, -0.05) is 115 Å². The minimum Gasteiger partial charge on any atom is -0.493 e. The molecule has 312 valence electrons. The number of rotatable bonds is 28. The zero-order valence-electron chi connectivity index (χ0n) is 35.7. The molecule has 0 unspecified atom stereocenters. The molecule has 0 amide bonds. The molecule has 0 heterocycles. The summed E-state index contributed by atoms with van der Waals surface area (Å²) in [6, 6.07) is 20.1. The van der Waals surface area contributed by atoms with Crippen molar-refractivity contribution in [3.8, 4) is 28.0 Å². The largest absolute Gasteiger partial charge is 0.493 e. The fraction of sp³-hybridized carbons (Fsp3) is 0.520. The number of carbonyl (C=O) groups is 2. The molecule has 57 heavy (non-hydrogen) atoms. The van der Waals surface area contributed by atoms with Gasteiger partial charge in [0.1, 0.15) is 5.75 Å². The fourth-order valence-electron chi connectivity index (χ4n) is 7.04. The summed E-state index contributed by atoms with van der Waals surface area (Å²) in [6.07, 6.45) is 14.6. The predicted molar refractivity (Wildman–Crippen MR) is 234 cm³/mol. The van der Waals surface area contributed by atoms with Gasteiger partial charge in [-0.3, -0.25) is 0 Å². The lowest BCUT2D eigenvalue weighted by atomic mass is 9.84. The van der Waals surface area contributed by atoms with Gasteiger partial charge in [0, 0.05) is 16.6 Å². The molecule has 0 aliphatic carbocycles. The summed E-state index contributed by atoms with van der Waals surface area (Å²) in [6.45, 7) is 17.6. The van der Waals surface area contributed by atoms with E-state index >= 15 is 0 Å². The lowest BCUT2D eigenvalue weighted by molar-refractivity contribution is -0.139. The van der Waals surface area contributed by atoms with Crippen molar-refractivity contribution in [3.63, 3.8) is 0 Å². The number of aliphatic hydroxyl groups is 2. The molecule has 0 aromatic heterocycles. The summed E-state index contributed by atoms with van der Waals surface area (Å²) in [5.74, 6) is -0.0856. The maximum Gasteiger partial charge on any atom is 0.333 e. The number of aliphatic hydroxyl groups excluding tert-OH is 2. The van der Waals surface area contributed by atoms with Crippen LogP contribution in [0.3, 0.4) is 0 Å². The highest BCUT2D eigenvalue weighted by Gasteiger charge is 2.27. The van der Waals surface area contributed by atoms with Crippen LogP contribution in [0.2, 0.25) is 0 Å². The molecule has 3 rings (SSSR count). The molecule has 0 aliphatic rings. The van der Waals surface area contributed by atoms with Crippen LogP contribution >= 0.6 is 0 Å². The van der Waals surface area contributed by atoms with Crippen molar-refractivity contribution >= 4 is 11.9 Å². The van der Waals surface area contributed by atoms with E-state index in [2.05, 4.69) is 81.6 Å². The highest BCUT2D eigenvalue weighted by atomic mass is 16.5. The van der Waals surface area contributed by atoms with Gasteiger partial charge in [0.15, 0.2) is 0 Å². The van der Waals surface area contributed by atoms with Gasteiger partial charge < -0.3 is 24.4 Å². The van der Waals surface area contributed by atoms with E-state index in [9.17, 15) is 19.8 Å². The van der Waals surface area contributed by atoms with E-state index in [1.165, 1.54) is 67.2 Å². The second kappa shape index (κ2) is 25.2. The molecular weight excluding hydrogens is 713 g/mol. The Labute approximate surface area is 343 Å². The summed E-state index contributed by atoms with van der Waals surface area (Å²) >= 11 is 0. The van der Waals surface area contributed by atoms with E-state index in [4.69, 9.17) is 14.2 Å². The molecule has 0 fully saturated rings. The van der Waals surface area contributed by atoms with Crippen molar-refractivity contribution in [3.05, 3.63) is 101 Å². The van der Waals surface area contributed by atoms with Crippen LogP contribution < -0.4 is 4.74 Å². The number of esters is 2. The van der Waals surface area contributed by atoms with E-state index in [-0.39, 0.29) is 26.4 Å². The number of unbranched alkanes of at least 4 members (excludes halogenated alkanes) is 6. The van der Waals surface area contributed by atoms with Gasteiger partial charge in [-0.25, -0.2) is 9.59 Å². The fourth-order valence-corrected chi connectivity index (χ4v) is 7.04. The van der Waals surface area contributed by atoms with E-state index in [0.717, 1.165) is 40.8 Å². The van der Waals surface area contributed by atoms with Crippen molar-refractivity contribution in [1.29, 1.82) is 0 Å². The van der Waals surface area contributed by atoms with Crippen LogP contribution in [0, 0.1) is 5.41 Å². The molecular formula is C50H70O7. The molecule has 7 heteroatoms. The van der Waals surface area contributed by atoms with Crippen molar-refractivity contribution in [2.75, 3.05) is 33.0 Å². The Morgan fingerprint density at radius 2 is 1.14 bits per heavy atom. The van der Waals surface area contributed by atoms with Crippen molar-refractivity contribution in [1.82, 2.24) is 0 Å². The molecule has 3 aromatic carbocycles. The molecule has 7 nitrogen and oxygen atoms in total. The molecule has 2 N–H and O–H groups in total. The zero-order chi connectivity index (χ0) is 41.6. The lowest BCUT2D eigenvalue weighted by Crippen LogP contribution is -2.31. The standard InChI is InChI=1S/C50H70O7/c1-8-11-12-13-14-15-16-19-39-22-24-41(25-23-39)42-26-27-46(40(9-2)32-42)45-33-43(20-17-29-56-48(53)37(4)5)47(55-31-28-50(10-3,35-51)36-52)44(34-45)21-18-30-57-49(54)38(6)7/h22-27,32-34,51-52H,4,6,8-21,28-31,35-36H2,1-3,5,7H3. The van der Waals surface area contributed by atoms with E-state index in [1.54, 1.807) is 13.8 Å². The SMILES string of the molecule is C=C(C)C(=O)OCCCc1cc(-c2ccc(-c3ccc(CCCCCCCCC)cc3)cc2CC)cc(CCCOC(=O)C(=C)C)c1OCCC(CC)(CO)CO. The van der Waals surface area contributed by atoms with Gasteiger partial charge in [0.25, 0.3) is 0 Å². The Morgan fingerprint density at radius 3 is 1.65 bits per heavy atom. The molecule has 0 spiro atoms. The lowest BCUT2D eigenvalue weighted by Gasteiger charge is -2.28. The van der Waals surface area contributed by atoms with E-state index in [1.807, 2.05) is 6.92 Å². The maximum absolute atomic E-state index is 12.2. The number of hydrogen-bond acceptors (Lipinski definition) is 7. The molecule has 0 saturated heterocycles. The van der Waals surface area contributed by atoms with Gasteiger partial charge in [-0.2, -0.15) is 0 Å². The average Bonchev–Trinajstić information content (AvgIpc) is 3.22. The maximum atomic E-state index is 12.2. The molecule has 0 aliphatic heterocycles. The van der Waals surface area contributed by atoms with Crippen molar-refractivity contribution in [2.45, 2.75) is 131 Å². The first-order valence-corrected chi connectivity index (χ1v) is 21.4. The summed E-state index contributed by atoms with van der Waals surface area (Å²) < 4.78 is 17.5. The first-order chi connectivity index (χ1) is 27.5. The van der Waals surface area contributed by atoms with Crippen LogP contribution in [-0.4, -0.2) is 55.2 Å². The smallest absolute Gasteiger partial charge is 0.333 e. The van der Waals surface area contributed by atoms with Crippen LogP contribution in [0.4, 0.5) is 0 Å². The normalized spacial score (nSPS) is 11.4. The number of benzene rings is 3. The quantitative estimate of drug-likeness (QED) is 0.0429. The van der Waals surface area contributed by atoms with E-state index < -0.39 is 17.4 Å². The number of ether oxygens (including phenoxy) is 3. The predicted octanol–water partition coefficient (Wildman–Crippen LogP) is 11.1. The Hall–Kier alpha value is -4.20. The Morgan fingerprint density at radius 1 is 0.614 bits per heavy atom. The topological polar surface area (TPSA) is 102 Å². The monoisotopic (exact) mass is 783 g/mol. The van der Waals surface area contributed by atoms with Crippen molar-refractivity contribution < 1.29 is 34.0 Å². The van der Waals surface area contributed by atoms with Crippen LogP contribution in [0.1, 0.15) is 128 Å². The third-order valence-electron chi connectivity index (χ3n) is 11.0. The average molecular weight is 783 g/mol. The van der Waals surface area contributed by atoms with Gasteiger partial charge in [-0.15, -0.1) is 0 Å². The van der Waals surface area contributed by atoms with Gasteiger partial charge in [0.2, 0.25) is 0 Å². The Bertz CT molecular complexity index is 1650. The zero-order valence-corrected chi connectivity index (χ0v) is 35.7. The van der Waals surface area contributed by atoms with E-state index in [0.29, 0.717) is 56.3 Å². The van der Waals surface area contributed by atoms with Crippen molar-refractivity contribution in [2.24, 2.45) is 5.41 Å². The third-order valence-corrected chi connectivity index (χ3v) is 11.0. The Balaban J connectivity index is 1.96. The second-order valence-electron chi connectivity index (χ2n) is 15.7. The van der Waals surface area contributed by atoms with Crippen LogP contribution in [0.15, 0.2) is 78.9 Å². The van der Waals surface area contributed by atoms with Gasteiger partial charge in [-0.05, 0) is 128 Å². The van der Waals surface area contributed by atoms with Crippen LogP contribution in [-0.2, 0) is 44.7 Å². The molecule has 3 aromatic rings. The molecule has 0 atom stereocenters. The first-order valence-electron chi connectivity index (χ1n) is 21.4. The minimum atomic E-state index is -0.639.